The number of ether oxygens (including phenoxy) is 1. The van der Waals surface area contributed by atoms with Crippen LogP contribution in [-0.4, -0.2) is 56.9 Å². The van der Waals surface area contributed by atoms with Crippen LogP contribution in [0.25, 0.3) is 22.3 Å². The van der Waals surface area contributed by atoms with Gasteiger partial charge in [0.05, 0.1) is 35.6 Å². The number of piperidine rings is 1. The normalized spacial score (nSPS) is 24.2. The van der Waals surface area contributed by atoms with Crippen LogP contribution >= 0.6 is 0 Å². The number of rotatable bonds is 2. The fraction of sp³-hybridized carbons (Fsp3) is 0.464. The molecule has 2 N–H and O–H groups in total. The van der Waals surface area contributed by atoms with E-state index < -0.39 is 12.1 Å². The molecule has 0 bridgehead atoms. The third-order valence-corrected chi connectivity index (χ3v) is 9.03. The standard InChI is InChI=1S/C28H28FN3O5/c1-14-15-3-5-28(4-2-6-31(13-28)7-8-33)23-17-11-32-21(24(17)30-20(22(15)23)10-19(14)29)9-16-18(26(32)35)12-37-27(36)25(16)34/h9-10,25,33-34H,2-8,11-13H2,1H3. The Bertz CT molecular complexity index is 1580. The molecule has 3 aliphatic heterocycles. The zero-order valence-corrected chi connectivity index (χ0v) is 20.6. The summed E-state index contributed by atoms with van der Waals surface area (Å²) < 4.78 is 21.7. The molecule has 1 aliphatic carbocycles. The van der Waals surface area contributed by atoms with Crippen LogP contribution in [-0.2, 0) is 34.5 Å². The van der Waals surface area contributed by atoms with Crippen LogP contribution in [0.5, 0.6) is 0 Å². The molecular formula is C28H28FN3O5. The number of fused-ring (bicyclic) bond motifs is 6. The van der Waals surface area contributed by atoms with Crippen LogP contribution in [0.3, 0.4) is 0 Å². The maximum atomic E-state index is 15.1. The SMILES string of the molecule is Cc1c(F)cc2nc3c(c4c2c1CCC41CCCN(CCO)C1)Cn1c-3cc2c(c1=O)COC(=O)C2O. The molecule has 1 saturated heterocycles. The topological polar surface area (TPSA) is 105 Å². The fourth-order valence-electron chi connectivity index (χ4n) is 7.29. The summed E-state index contributed by atoms with van der Waals surface area (Å²) in [4.78, 5) is 32.8. The summed E-state index contributed by atoms with van der Waals surface area (Å²) in [5.74, 6) is -1.06. The molecule has 1 spiro atoms. The number of aryl methyl sites for hydroxylation is 1. The first-order valence-corrected chi connectivity index (χ1v) is 12.9. The summed E-state index contributed by atoms with van der Waals surface area (Å²) >= 11 is 0. The molecular weight excluding hydrogens is 477 g/mol. The number of β-amino-alcohol motifs (C(OH)–C–C–N with tert-alkyl or cyclic N) is 1. The molecule has 1 aromatic carbocycles. The first-order valence-electron chi connectivity index (χ1n) is 12.9. The maximum absolute atomic E-state index is 15.1. The Morgan fingerprint density at radius 3 is 2.86 bits per heavy atom. The average molecular weight is 506 g/mol. The van der Waals surface area contributed by atoms with Gasteiger partial charge in [0.1, 0.15) is 12.4 Å². The van der Waals surface area contributed by atoms with E-state index >= 15 is 4.39 Å². The molecule has 5 heterocycles. The minimum atomic E-state index is -1.52. The van der Waals surface area contributed by atoms with Crippen molar-refractivity contribution in [2.45, 2.75) is 57.3 Å². The van der Waals surface area contributed by atoms with Crippen molar-refractivity contribution in [3.8, 4) is 11.4 Å². The summed E-state index contributed by atoms with van der Waals surface area (Å²) in [6.45, 7) is 4.39. The third-order valence-electron chi connectivity index (χ3n) is 9.03. The molecule has 0 saturated carbocycles. The lowest BCUT2D eigenvalue weighted by Crippen LogP contribution is -2.49. The Kier molecular flexibility index (Phi) is 4.93. The van der Waals surface area contributed by atoms with E-state index in [1.165, 1.54) is 6.07 Å². The highest BCUT2D eigenvalue weighted by Crippen LogP contribution is 2.51. The number of pyridine rings is 2. The third kappa shape index (κ3) is 3.08. The first kappa shape index (κ1) is 23.0. The van der Waals surface area contributed by atoms with Gasteiger partial charge in [0.15, 0.2) is 6.10 Å². The molecule has 2 unspecified atom stereocenters. The summed E-state index contributed by atoms with van der Waals surface area (Å²) in [7, 11) is 0. The van der Waals surface area contributed by atoms with Crippen LogP contribution in [0.2, 0.25) is 0 Å². The minimum absolute atomic E-state index is 0.0936. The number of halogens is 1. The quantitative estimate of drug-likeness (QED) is 0.403. The number of likely N-dealkylation sites (tertiary alicyclic amines) is 1. The molecule has 7 rings (SSSR count). The van der Waals surface area contributed by atoms with Gasteiger partial charge in [0.2, 0.25) is 0 Å². The van der Waals surface area contributed by atoms with Crippen molar-refractivity contribution in [3.63, 3.8) is 0 Å². The Labute approximate surface area is 212 Å². The lowest BCUT2D eigenvalue weighted by Gasteiger charge is -2.47. The predicted octanol–water partition coefficient (Wildman–Crippen LogP) is 2.24. The molecule has 0 amide bonds. The number of aliphatic hydroxyl groups is 2. The van der Waals surface area contributed by atoms with Crippen LogP contribution in [0, 0.1) is 12.7 Å². The molecule has 9 heteroatoms. The smallest absolute Gasteiger partial charge is 0.340 e. The van der Waals surface area contributed by atoms with Gasteiger partial charge in [-0.05, 0) is 61.9 Å². The van der Waals surface area contributed by atoms with Crippen molar-refractivity contribution >= 4 is 16.9 Å². The first-order chi connectivity index (χ1) is 17.8. The molecule has 192 valence electrons. The summed E-state index contributed by atoms with van der Waals surface area (Å²) in [5, 5.41) is 21.1. The van der Waals surface area contributed by atoms with E-state index in [9.17, 15) is 19.8 Å². The van der Waals surface area contributed by atoms with Gasteiger partial charge >= 0.3 is 5.97 Å². The number of hydrogen-bond acceptors (Lipinski definition) is 7. The zero-order valence-electron chi connectivity index (χ0n) is 20.6. The highest BCUT2D eigenvalue weighted by molar-refractivity contribution is 5.93. The second-order valence-corrected chi connectivity index (χ2v) is 10.9. The number of hydrogen-bond donors (Lipinski definition) is 2. The van der Waals surface area contributed by atoms with E-state index in [0.717, 1.165) is 60.8 Å². The van der Waals surface area contributed by atoms with Gasteiger partial charge < -0.3 is 24.4 Å². The summed E-state index contributed by atoms with van der Waals surface area (Å²) in [5.41, 5.74) is 5.52. The second kappa shape index (κ2) is 7.93. The molecule has 3 aromatic rings. The monoisotopic (exact) mass is 505 g/mol. The van der Waals surface area contributed by atoms with E-state index in [1.807, 2.05) is 6.92 Å². The van der Waals surface area contributed by atoms with Crippen molar-refractivity contribution in [1.29, 1.82) is 0 Å². The number of cyclic esters (lactones) is 1. The van der Waals surface area contributed by atoms with E-state index in [4.69, 9.17) is 9.72 Å². The number of aliphatic hydroxyl groups excluding tert-OH is 2. The molecule has 37 heavy (non-hydrogen) atoms. The van der Waals surface area contributed by atoms with Gasteiger partial charge in [-0.25, -0.2) is 14.2 Å². The predicted molar refractivity (Wildman–Crippen MR) is 133 cm³/mol. The zero-order chi connectivity index (χ0) is 25.6. The number of nitrogens with zero attached hydrogens (tertiary/aromatic N) is 3. The molecule has 4 aliphatic rings. The van der Waals surface area contributed by atoms with Crippen LogP contribution in [0.15, 0.2) is 16.9 Å². The van der Waals surface area contributed by atoms with E-state index in [2.05, 4.69) is 4.90 Å². The number of carbonyl (C=O) groups is 1. The summed E-state index contributed by atoms with van der Waals surface area (Å²) in [6, 6.07) is 3.18. The van der Waals surface area contributed by atoms with Gasteiger partial charge in [-0.3, -0.25) is 4.79 Å². The molecule has 0 radical (unpaired) electrons. The van der Waals surface area contributed by atoms with Gasteiger partial charge in [0, 0.05) is 41.1 Å². The van der Waals surface area contributed by atoms with E-state index in [1.54, 1.807) is 10.6 Å². The minimum Gasteiger partial charge on any atom is -0.458 e. The molecule has 1 fully saturated rings. The molecule has 2 atom stereocenters. The largest absolute Gasteiger partial charge is 0.458 e. The van der Waals surface area contributed by atoms with Gasteiger partial charge in [0.25, 0.3) is 5.56 Å². The van der Waals surface area contributed by atoms with Crippen molar-refractivity contribution in [1.82, 2.24) is 14.5 Å². The van der Waals surface area contributed by atoms with Crippen molar-refractivity contribution < 1.29 is 24.1 Å². The number of esters is 1. The lowest BCUT2D eigenvalue weighted by molar-refractivity contribution is -0.157. The van der Waals surface area contributed by atoms with Crippen molar-refractivity contribution in [2.75, 3.05) is 26.2 Å². The summed E-state index contributed by atoms with van der Waals surface area (Å²) in [6.07, 6.45) is 2.06. The van der Waals surface area contributed by atoms with Crippen LogP contribution in [0.4, 0.5) is 4.39 Å². The van der Waals surface area contributed by atoms with E-state index in [-0.39, 0.29) is 41.1 Å². The van der Waals surface area contributed by atoms with Crippen LogP contribution in [0.1, 0.15) is 58.7 Å². The maximum Gasteiger partial charge on any atom is 0.340 e. The van der Waals surface area contributed by atoms with Gasteiger partial charge in [-0.15, -0.1) is 0 Å². The second-order valence-electron chi connectivity index (χ2n) is 10.9. The molecule has 2 aromatic heterocycles. The van der Waals surface area contributed by atoms with Crippen molar-refractivity contribution in [2.24, 2.45) is 0 Å². The fourth-order valence-corrected chi connectivity index (χ4v) is 7.29. The Morgan fingerprint density at radius 1 is 1.22 bits per heavy atom. The van der Waals surface area contributed by atoms with E-state index in [0.29, 0.717) is 35.6 Å². The number of aromatic nitrogens is 2. The van der Waals surface area contributed by atoms with Gasteiger partial charge in [-0.2, -0.15) is 0 Å². The Balaban J connectivity index is 1.52. The van der Waals surface area contributed by atoms with Crippen LogP contribution < -0.4 is 5.56 Å². The Hall–Kier alpha value is -3.14. The molecule has 8 nitrogen and oxygen atoms in total. The number of carbonyl (C=O) groups excluding carboxylic acids is 1. The average Bonchev–Trinajstić information content (AvgIpc) is 3.25. The number of benzene rings is 1. The lowest BCUT2D eigenvalue weighted by atomic mass is 9.64. The Morgan fingerprint density at radius 2 is 2.05 bits per heavy atom. The highest BCUT2D eigenvalue weighted by atomic mass is 19.1. The van der Waals surface area contributed by atoms with Gasteiger partial charge in [-0.1, -0.05) is 0 Å². The van der Waals surface area contributed by atoms with Crippen molar-refractivity contribution in [3.05, 3.63) is 61.7 Å². The highest BCUT2D eigenvalue weighted by Gasteiger charge is 2.45.